The van der Waals surface area contributed by atoms with Gasteiger partial charge in [-0.3, -0.25) is 19.4 Å². The van der Waals surface area contributed by atoms with Crippen LogP contribution in [0.5, 0.6) is 17.2 Å². The van der Waals surface area contributed by atoms with Crippen LogP contribution in [0.1, 0.15) is 39.5 Å². The number of aromatic nitrogens is 3. The molecule has 57 heavy (non-hydrogen) atoms. The van der Waals surface area contributed by atoms with Crippen molar-refractivity contribution in [2.24, 2.45) is 4.99 Å². The van der Waals surface area contributed by atoms with Crippen molar-refractivity contribution in [3.8, 4) is 17.2 Å². The molecule has 4 heterocycles. The SMILES string of the molecule is COc1cc(Cc2cnc(/N=C3\C(=O)N(CN4CCN(c5cc6c(cc5F)c(=O)c(C(=O)O)cn6OC)CC4C)c4ccc(C)cc43)nc2N)cc(OC)c1OC. The number of hydrogen-bond acceptors (Lipinski definition) is 13. The highest BCUT2D eigenvalue weighted by molar-refractivity contribution is 6.54. The molecule has 0 aliphatic carbocycles. The molecule has 16 nitrogen and oxygen atoms in total. The summed E-state index contributed by atoms with van der Waals surface area (Å²) in [5.41, 5.74) is 9.47. The van der Waals surface area contributed by atoms with Gasteiger partial charge in [-0.25, -0.2) is 19.2 Å². The maximum absolute atomic E-state index is 15.6. The van der Waals surface area contributed by atoms with E-state index in [4.69, 9.17) is 24.8 Å². The number of hydrogen-bond donors (Lipinski definition) is 2. The van der Waals surface area contributed by atoms with Gasteiger partial charge in [-0.2, -0.15) is 9.71 Å². The highest BCUT2D eigenvalue weighted by Gasteiger charge is 2.37. The fraction of sp³-hybridized carbons (Fsp3) is 0.300. The molecule has 0 radical (unpaired) electrons. The van der Waals surface area contributed by atoms with Crippen molar-refractivity contribution < 1.29 is 38.1 Å². The number of halogens is 1. The van der Waals surface area contributed by atoms with Crippen LogP contribution in [-0.4, -0.2) is 103 Å². The number of aliphatic imine (C=N–C) groups is 1. The summed E-state index contributed by atoms with van der Waals surface area (Å²) >= 11 is 0. The lowest BCUT2D eigenvalue weighted by atomic mass is 10.1. The van der Waals surface area contributed by atoms with E-state index in [1.165, 1.54) is 20.3 Å². The maximum atomic E-state index is 15.6. The second-order valence-electron chi connectivity index (χ2n) is 13.8. The Bertz CT molecular complexity index is 2500. The summed E-state index contributed by atoms with van der Waals surface area (Å²) in [6.07, 6.45) is 3.03. The first kappa shape index (κ1) is 38.5. The summed E-state index contributed by atoms with van der Waals surface area (Å²) < 4.78 is 33.2. The molecule has 296 valence electrons. The number of benzene rings is 3. The number of nitrogens with two attached hydrogens (primary N) is 1. The number of pyridine rings is 1. The van der Waals surface area contributed by atoms with E-state index in [0.717, 1.165) is 28.1 Å². The number of aryl methyl sites for hydroxylation is 1. The van der Waals surface area contributed by atoms with Gasteiger partial charge in [-0.1, -0.05) is 11.6 Å². The van der Waals surface area contributed by atoms with Gasteiger partial charge >= 0.3 is 5.97 Å². The first-order chi connectivity index (χ1) is 27.3. The number of fused-ring (bicyclic) bond motifs is 2. The van der Waals surface area contributed by atoms with E-state index in [0.29, 0.717) is 60.1 Å². The van der Waals surface area contributed by atoms with Crippen molar-refractivity contribution >= 4 is 51.6 Å². The number of anilines is 3. The zero-order chi connectivity index (χ0) is 40.7. The summed E-state index contributed by atoms with van der Waals surface area (Å²) in [6, 6.07) is 11.8. The van der Waals surface area contributed by atoms with Crippen LogP contribution in [0.2, 0.25) is 0 Å². The highest BCUT2D eigenvalue weighted by atomic mass is 19.1. The molecule has 2 aliphatic heterocycles. The Kier molecular flexibility index (Phi) is 10.4. The average Bonchev–Trinajstić information content (AvgIpc) is 3.44. The number of amides is 1. The van der Waals surface area contributed by atoms with Gasteiger partial charge in [0, 0.05) is 49.4 Å². The Morgan fingerprint density at radius 2 is 1.75 bits per heavy atom. The Morgan fingerprint density at radius 3 is 2.39 bits per heavy atom. The van der Waals surface area contributed by atoms with E-state index in [1.54, 1.807) is 25.3 Å². The van der Waals surface area contributed by atoms with E-state index in [2.05, 4.69) is 19.9 Å². The van der Waals surface area contributed by atoms with Crippen LogP contribution < -0.4 is 40.0 Å². The van der Waals surface area contributed by atoms with Crippen LogP contribution in [0.4, 0.5) is 27.5 Å². The lowest BCUT2D eigenvalue weighted by Gasteiger charge is -2.42. The minimum atomic E-state index is -1.44. The quantitative estimate of drug-likeness (QED) is 0.197. The Morgan fingerprint density at radius 1 is 1.02 bits per heavy atom. The standard InChI is InChI=1S/C40H41FN8O8/c1-21-7-8-29-25(11-21)34(44-40-43-17-24(37(42)45-40)12-23-13-32(54-3)36(56-5)33(14-23)55-4)38(51)48(29)20-47-10-9-46(18-22(47)2)31-16-30-26(15-28(31)41)35(50)27(39(52)53)19-49(30)57-6/h7-8,11,13-17,19,22H,9-10,12,18,20H2,1-6H3,(H,52,53)(H2,42,43,45)/b44-34-. The molecule has 3 aromatic carbocycles. The van der Waals surface area contributed by atoms with Crippen LogP contribution in [0, 0.1) is 12.7 Å². The number of methoxy groups -OCH3 is 3. The van der Waals surface area contributed by atoms with Gasteiger partial charge in [0.15, 0.2) is 11.5 Å². The zero-order valence-corrected chi connectivity index (χ0v) is 32.2. The topological polar surface area (TPSA) is 187 Å². The third-order valence-corrected chi connectivity index (χ3v) is 10.3. The van der Waals surface area contributed by atoms with Crippen LogP contribution in [-0.2, 0) is 11.2 Å². The molecule has 1 amide bonds. The highest BCUT2D eigenvalue weighted by Crippen LogP contribution is 2.39. The molecular weight excluding hydrogens is 739 g/mol. The van der Waals surface area contributed by atoms with E-state index in [9.17, 15) is 19.5 Å². The smallest absolute Gasteiger partial charge is 0.341 e. The monoisotopic (exact) mass is 780 g/mol. The molecule has 2 aliphatic rings. The first-order valence-electron chi connectivity index (χ1n) is 17.9. The van der Waals surface area contributed by atoms with E-state index >= 15 is 4.39 Å². The second-order valence-corrected chi connectivity index (χ2v) is 13.8. The molecule has 0 saturated carbocycles. The molecule has 3 N–H and O–H groups in total. The number of carboxylic acid groups (broad SMARTS) is 1. The Labute approximate surface area is 326 Å². The number of piperazine rings is 1. The summed E-state index contributed by atoms with van der Waals surface area (Å²) in [5, 5.41) is 9.36. The normalized spacial score (nSPS) is 16.3. The lowest BCUT2D eigenvalue weighted by molar-refractivity contribution is -0.112. The van der Waals surface area contributed by atoms with Crippen LogP contribution in [0.15, 0.2) is 64.6 Å². The predicted octanol–water partition coefficient (Wildman–Crippen LogP) is 3.83. The number of carboxylic acids is 1. The molecule has 2 aromatic heterocycles. The van der Waals surface area contributed by atoms with Gasteiger partial charge in [0.25, 0.3) is 11.9 Å². The summed E-state index contributed by atoms with van der Waals surface area (Å²) in [7, 11) is 5.95. The molecule has 0 spiro atoms. The van der Waals surface area contributed by atoms with Gasteiger partial charge < -0.3 is 34.8 Å². The number of aromatic carboxylic acids is 1. The Hall–Kier alpha value is -6.75. The van der Waals surface area contributed by atoms with E-state index < -0.39 is 22.8 Å². The number of ether oxygens (including phenoxy) is 3. The minimum absolute atomic E-state index is 0.0382. The number of nitrogens with zero attached hydrogens (tertiary/aromatic N) is 7. The van der Waals surface area contributed by atoms with Gasteiger partial charge in [-0.05, 0) is 55.8 Å². The maximum Gasteiger partial charge on any atom is 0.341 e. The van der Waals surface area contributed by atoms with Crippen molar-refractivity contribution in [3.63, 3.8) is 0 Å². The van der Waals surface area contributed by atoms with Crippen molar-refractivity contribution in [2.45, 2.75) is 26.3 Å². The molecule has 0 bridgehead atoms. The fourth-order valence-corrected chi connectivity index (χ4v) is 7.29. The molecule has 17 heteroatoms. The first-order valence-corrected chi connectivity index (χ1v) is 17.9. The van der Waals surface area contributed by atoms with Crippen molar-refractivity contribution in [1.82, 2.24) is 19.6 Å². The molecule has 1 saturated heterocycles. The number of nitrogen functional groups attached to an aromatic ring is 1. The Balaban J connectivity index is 1.11. The number of carbonyl (C=O) groups excluding carboxylic acids is 1. The third-order valence-electron chi connectivity index (χ3n) is 10.3. The zero-order valence-electron chi connectivity index (χ0n) is 32.2. The molecule has 7 rings (SSSR count). The molecular formula is C40H41FN8O8. The van der Waals surface area contributed by atoms with Crippen LogP contribution in [0.25, 0.3) is 10.9 Å². The number of rotatable bonds is 11. The van der Waals surface area contributed by atoms with Gasteiger partial charge in [0.1, 0.15) is 30.0 Å². The molecule has 1 atom stereocenters. The molecule has 1 unspecified atom stereocenters. The summed E-state index contributed by atoms with van der Waals surface area (Å²) in [4.78, 5) is 63.1. The van der Waals surface area contributed by atoms with Crippen LogP contribution in [0.3, 0.4) is 0 Å². The van der Waals surface area contributed by atoms with Gasteiger partial charge in [0.05, 0.1) is 56.5 Å². The van der Waals surface area contributed by atoms with Crippen molar-refractivity contribution in [2.75, 3.05) is 70.3 Å². The van der Waals surface area contributed by atoms with Gasteiger partial charge in [0.2, 0.25) is 11.2 Å². The fourth-order valence-electron chi connectivity index (χ4n) is 7.29. The largest absolute Gasteiger partial charge is 0.493 e. The summed E-state index contributed by atoms with van der Waals surface area (Å²) in [5.74, 6) is -0.712. The van der Waals surface area contributed by atoms with Crippen LogP contribution >= 0.6 is 0 Å². The third kappa shape index (κ3) is 7.12. The summed E-state index contributed by atoms with van der Waals surface area (Å²) in [6.45, 7) is 5.42. The molecule has 5 aromatic rings. The van der Waals surface area contributed by atoms with Gasteiger partial charge in [-0.15, -0.1) is 0 Å². The second kappa shape index (κ2) is 15.4. The lowest BCUT2D eigenvalue weighted by Crippen LogP contribution is -2.55. The van der Waals surface area contributed by atoms with Crippen molar-refractivity contribution in [1.29, 1.82) is 0 Å². The average molecular weight is 781 g/mol. The predicted molar refractivity (Wildman–Crippen MR) is 211 cm³/mol. The van der Waals surface area contributed by atoms with Crippen molar-refractivity contribution in [3.05, 3.63) is 98.7 Å². The minimum Gasteiger partial charge on any atom is -0.493 e. The number of carbonyl (C=O) groups is 2. The molecule has 1 fully saturated rings. The van der Waals surface area contributed by atoms with E-state index in [1.807, 2.05) is 49.1 Å². The van der Waals surface area contributed by atoms with E-state index in [-0.39, 0.29) is 52.7 Å².